The first-order valence-electron chi connectivity index (χ1n) is 12.0. The van der Waals surface area contributed by atoms with Crippen molar-refractivity contribution in [1.82, 2.24) is 0 Å². The molecule has 1 rings (SSSR count). The molecule has 0 N–H and O–H groups in total. The van der Waals surface area contributed by atoms with Crippen LogP contribution in [0.3, 0.4) is 0 Å². The van der Waals surface area contributed by atoms with Gasteiger partial charge in [-0.2, -0.15) is 0 Å². The van der Waals surface area contributed by atoms with Gasteiger partial charge in [-0.05, 0) is 54.4 Å². The highest BCUT2D eigenvalue weighted by atomic mass is 16.9. The Labute approximate surface area is 180 Å². The van der Waals surface area contributed by atoms with Crippen molar-refractivity contribution in [3.8, 4) is 0 Å². The van der Waals surface area contributed by atoms with Gasteiger partial charge in [0.25, 0.3) is 5.97 Å². The van der Waals surface area contributed by atoms with Gasteiger partial charge >= 0.3 is 0 Å². The molecule has 0 saturated carbocycles. The van der Waals surface area contributed by atoms with Crippen LogP contribution in [0.25, 0.3) is 0 Å². The third-order valence-electron chi connectivity index (χ3n) is 4.92. The molecule has 0 bridgehead atoms. The maximum atomic E-state index is 6.38. The number of rotatable bonds is 19. The van der Waals surface area contributed by atoms with Crippen LogP contribution >= 0.6 is 0 Å². The molecular weight excluding hydrogens is 368 g/mol. The Kier molecular flexibility index (Phi) is 13.6. The molecule has 1 aliphatic heterocycles. The summed E-state index contributed by atoms with van der Waals surface area (Å²) in [5, 5.41) is 0. The van der Waals surface area contributed by atoms with Crippen LogP contribution in [-0.4, -0.2) is 50.2 Å². The highest BCUT2D eigenvalue weighted by Crippen LogP contribution is 2.36. The van der Waals surface area contributed by atoms with Crippen molar-refractivity contribution in [2.45, 2.75) is 130 Å². The maximum Gasteiger partial charge on any atom is 0.286 e. The first kappa shape index (κ1) is 26.8. The Morgan fingerprint density at radius 1 is 0.793 bits per heavy atom. The maximum absolute atomic E-state index is 6.38. The van der Waals surface area contributed by atoms with E-state index in [4.69, 9.17) is 23.7 Å². The van der Waals surface area contributed by atoms with Gasteiger partial charge in [-0.3, -0.25) is 0 Å². The van der Waals surface area contributed by atoms with E-state index in [1.54, 1.807) is 0 Å². The van der Waals surface area contributed by atoms with Crippen molar-refractivity contribution >= 4 is 0 Å². The van der Waals surface area contributed by atoms with Crippen LogP contribution in [0.1, 0.15) is 99.8 Å². The topological polar surface area (TPSA) is 49.5 Å². The molecule has 1 saturated heterocycles. The smallest absolute Gasteiger partial charge is 0.286 e. The van der Waals surface area contributed by atoms with E-state index in [2.05, 4.69) is 6.92 Å². The number of unbranched alkanes of at least 4 members (excludes halogenated alkanes) is 5. The summed E-state index contributed by atoms with van der Waals surface area (Å²) in [5.41, 5.74) is 0. The first-order valence-corrected chi connectivity index (χ1v) is 12.0. The van der Waals surface area contributed by atoms with E-state index in [0.717, 1.165) is 25.9 Å². The standard InChI is InChI=1S/C24H48O5/c1-8-9-10-11-12-13-14-22(15-16-25-17-23-18-26-23)24(27-19(2)3,28-20(4)5)29-21(6)7/h19-23H,8-18H2,1-7H3. The molecule has 5 nitrogen and oxygen atoms in total. The molecule has 2 atom stereocenters. The first-order chi connectivity index (χ1) is 13.8. The van der Waals surface area contributed by atoms with Crippen LogP contribution in [0.2, 0.25) is 0 Å². The van der Waals surface area contributed by atoms with Gasteiger partial charge in [0, 0.05) is 12.5 Å². The minimum atomic E-state index is -1.03. The average Bonchev–Trinajstić information content (AvgIpc) is 3.41. The Bertz CT molecular complexity index is 366. The molecule has 1 aliphatic rings. The molecule has 0 aliphatic carbocycles. The second kappa shape index (κ2) is 14.7. The molecular formula is C24H48O5. The van der Waals surface area contributed by atoms with Gasteiger partial charge in [0.05, 0.1) is 31.5 Å². The monoisotopic (exact) mass is 416 g/mol. The lowest BCUT2D eigenvalue weighted by Crippen LogP contribution is -2.51. The zero-order chi connectivity index (χ0) is 21.7. The Morgan fingerprint density at radius 2 is 1.31 bits per heavy atom. The summed E-state index contributed by atoms with van der Waals surface area (Å²) in [4.78, 5) is 0. The van der Waals surface area contributed by atoms with E-state index >= 15 is 0 Å². The highest BCUT2D eigenvalue weighted by Gasteiger charge is 2.44. The molecule has 2 unspecified atom stereocenters. The number of ether oxygens (including phenoxy) is 5. The lowest BCUT2D eigenvalue weighted by atomic mass is 9.94. The zero-order valence-corrected chi connectivity index (χ0v) is 20.2. The molecule has 0 spiro atoms. The van der Waals surface area contributed by atoms with Crippen molar-refractivity contribution in [3.05, 3.63) is 0 Å². The van der Waals surface area contributed by atoms with E-state index in [1.165, 1.54) is 32.1 Å². The fourth-order valence-electron chi connectivity index (χ4n) is 3.63. The van der Waals surface area contributed by atoms with E-state index in [-0.39, 0.29) is 24.2 Å². The second-order valence-corrected chi connectivity index (χ2v) is 9.18. The summed E-state index contributed by atoms with van der Waals surface area (Å²) in [5.74, 6) is -0.902. The summed E-state index contributed by atoms with van der Waals surface area (Å²) in [7, 11) is 0. The van der Waals surface area contributed by atoms with Crippen LogP contribution in [0, 0.1) is 5.92 Å². The van der Waals surface area contributed by atoms with Crippen molar-refractivity contribution in [1.29, 1.82) is 0 Å². The van der Waals surface area contributed by atoms with Crippen LogP contribution in [-0.2, 0) is 23.7 Å². The highest BCUT2D eigenvalue weighted by molar-refractivity contribution is 4.76. The third kappa shape index (κ3) is 12.3. The van der Waals surface area contributed by atoms with E-state index in [9.17, 15) is 0 Å². The van der Waals surface area contributed by atoms with Crippen LogP contribution < -0.4 is 0 Å². The molecule has 1 fully saturated rings. The molecule has 0 amide bonds. The molecule has 5 heteroatoms. The quantitative estimate of drug-likeness (QED) is 0.145. The van der Waals surface area contributed by atoms with E-state index < -0.39 is 5.97 Å². The summed E-state index contributed by atoms with van der Waals surface area (Å²) in [6, 6.07) is 0. The fourth-order valence-corrected chi connectivity index (χ4v) is 3.63. The predicted octanol–water partition coefficient (Wildman–Crippen LogP) is 6.09. The summed E-state index contributed by atoms with van der Waals surface area (Å²) in [6.07, 6.45) is 9.84. The molecule has 0 aromatic carbocycles. The fraction of sp³-hybridized carbons (Fsp3) is 1.00. The number of hydrogen-bond acceptors (Lipinski definition) is 5. The molecule has 0 aromatic heterocycles. The van der Waals surface area contributed by atoms with Crippen molar-refractivity contribution in [3.63, 3.8) is 0 Å². The van der Waals surface area contributed by atoms with Crippen molar-refractivity contribution in [2.75, 3.05) is 19.8 Å². The molecule has 1 heterocycles. The summed E-state index contributed by atoms with van der Waals surface area (Å²) in [6.45, 7) is 16.7. The van der Waals surface area contributed by atoms with Gasteiger partial charge in [0.1, 0.15) is 6.10 Å². The van der Waals surface area contributed by atoms with Gasteiger partial charge in [-0.1, -0.05) is 45.4 Å². The average molecular weight is 417 g/mol. The van der Waals surface area contributed by atoms with E-state index in [1.807, 2.05) is 41.5 Å². The predicted molar refractivity (Wildman–Crippen MR) is 118 cm³/mol. The lowest BCUT2D eigenvalue weighted by Gasteiger charge is -2.43. The minimum Gasteiger partial charge on any atom is -0.379 e. The summed E-state index contributed by atoms with van der Waals surface area (Å²) < 4.78 is 30.3. The molecule has 0 aromatic rings. The SMILES string of the molecule is CCCCCCCCC(CCOCC1CO1)C(OC(C)C)(OC(C)C)OC(C)C. The van der Waals surface area contributed by atoms with Crippen LogP contribution in [0.5, 0.6) is 0 Å². The molecule has 174 valence electrons. The number of hydrogen-bond donors (Lipinski definition) is 0. The largest absolute Gasteiger partial charge is 0.379 e. The normalized spacial score (nSPS) is 18.2. The van der Waals surface area contributed by atoms with Gasteiger partial charge in [-0.15, -0.1) is 0 Å². The molecule has 29 heavy (non-hydrogen) atoms. The Hall–Kier alpha value is -0.200. The van der Waals surface area contributed by atoms with Crippen LogP contribution in [0.15, 0.2) is 0 Å². The van der Waals surface area contributed by atoms with Crippen LogP contribution in [0.4, 0.5) is 0 Å². The van der Waals surface area contributed by atoms with Gasteiger partial charge in [0.15, 0.2) is 0 Å². The number of epoxide rings is 1. The van der Waals surface area contributed by atoms with Crippen molar-refractivity contribution in [2.24, 2.45) is 5.92 Å². The van der Waals surface area contributed by atoms with E-state index in [0.29, 0.717) is 19.3 Å². The minimum absolute atomic E-state index is 0.0142. The Morgan fingerprint density at radius 3 is 1.79 bits per heavy atom. The second-order valence-electron chi connectivity index (χ2n) is 9.18. The van der Waals surface area contributed by atoms with Gasteiger partial charge in [0.2, 0.25) is 0 Å². The lowest BCUT2D eigenvalue weighted by molar-refractivity contribution is -0.433. The van der Waals surface area contributed by atoms with Crippen molar-refractivity contribution < 1.29 is 23.7 Å². The molecule has 0 radical (unpaired) electrons. The van der Waals surface area contributed by atoms with Gasteiger partial charge < -0.3 is 23.7 Å². The van der Waals surface area contributed by atoms with Gasteiger partial charge in [-0.25, -0.2) is 0 Å². The zero-order valence-electron chi connectivity index (χ0n) is 20.2. The third-order valence-corrected chi connectivity index (χ3v) is 4.92. The Balaban J connectivity index is 2.80. The summed E-state index contributed by atoms with van der Waals surface area (Å²) >= 11 is 0.